The van der Waals surface area contributed by atoms with Gasteiger partial charge in [-0.15, -0.1) is 0 Å². The van der Waals surface area contributed by atoms with Crippen LogP contribution in [-0.4, -0.2) is 59.6 Å². The van der Waals surface area contributed by atoms with Gasteiger partial charge in [-0.05, 0) is 6.42 Å². The highest BCUT2D eigenvalue weighted by Crippen LogP contribution is 2.16. The molecule has 0 bridgehead atoms. The van der Waals surface area contributed by atoms with Crippen LogP contribution in [0.2, 0.25) is 0 Å². The molecular formula is C21H42O5. The van der Waals surface area contributed by atoms with E-state index in [-0.39, 0.29) is 13.2 Å². The Morgan fingerprint density at radius 2 is 1.23 bits per heavy atom. The SMILES string of the molecule is CCCCCCCCCCCCCCCOC[C@@H]1OC[C@@H](O)[C@H](O)[C@H]1O. The van der Waals surface area contributed by atoms with E-state index in [2.05, 4.69) is 6.92 Å². The van der Waals surface area contributed by atoms with Gasteiger partial charge in [-0.1, -0.05) is 84.0 Å². The van der Waals surface area contributed by atoms with Gasteiger partial charge in [-0.25, -0.2) is 0 Å². The van der Waals surface area contributed by atoms with Crippen molar-refractivity contribution in [2.75, 3.05) is 19.8 Å². The molecule has 1 heterocycles. The van der Waals surface area contributed by atoms with E-state index < -0.39 is 24.4 Å². The second kappa shape index (κ2) is 15.8. The molecule has 5 heteroatoms. The van der Waals surface area contributed by atoms with Crippen molar-refractivity contribution in [2.24, 2.45) is 0 Å². The quantitative estimate of drug-likeness (QED) is 0.360. The van der Waals surface area contributed by atoms with Crippen molar-refractivity contribution in [3.8, 4) is 0 Å². The Bertz CT molecular complexity index is 313. The molecular weight excluding hydrogens is 332 g/mol. The largest absolute Gasteiger partial charge is 0.388 e. The first kappa shape index (κ1) is 23.8. The zero-order chi connectivity index (χ0) is 19.0. The zero-order valence-corrected chi connectivity index (χ0v) is 16.8. The number of aliphatic hydroxyl groups excluding tert-OH is 3. The van der Waals surface area contributed by atoms with E-state index in [1.165, 1.54) is 77.0 Å². The minimum Gasteiger partial charge on any atom is -0.388 e. The van der Waals surface area contributed by atoms with Gasteiger partial charge in [0.1, 0.15) is 24.4 Å². The number of rotatable bonds is 16. The van der Waals surface area contributed by atoms with Crippen LogP contribution in [-0.2, 0) is 9.47 Å². The summed E-state index contributed by atoms with van der Waals surface area (Å²) in [5, 5.41) is 28.8. The molecule has 0 saturated carbocycles. The maximum absolute atomic E-state index is 9.81. The lowest BCUT2D eigenvalue weighted by Gasteiger charge is -2.35. The summed E-state index contributed by atoms with van der Waals surface area (Å²) in [6.45, 7) is 3.23. The minimum atomic E-state index is -1.14. The van der Waals surface area contributed by atoms with E-state index in [1.54, 1.807) is 0 Å². The van der Waals surface area contributed by atoms with Gasteiger partial charge >= 0.3 is 0 Å². The molecule has 0 spiro atoms. The van der Waals surface area contributed by atoms with E-state index in [1.807, 2.05) is 0 Å². The lowest BCUT2D eigenvalue weighted by Crippen LogP contribution is -2.54. The summed E-state index contributed by atoms with van der Waals surface area (Å²) < 4.78 is 10.9. The maximum atomic E-state index is 9.81. The van der Waals surface area contributed by atoms with Crippen LogP contribution in [0.15, 0.2) is 0 Å². The van der Waals surface area contributed by atoms with Crippen molar-refractivity contribution >= 4 is 0 Å². The fraction of sp³-hybridized carbons (Fsp3) is 1.00. The number of aliphatic hydroxyl groups is 3. The number of ether oxygens (including phenoxy) is 2. The highest BCUT2D eigenvalue weighted by atomic mass is 16.6. The van der Waals surface area contributed by atoms with Gasteiger partial charge in [0.05, 0.1) is 13.2 Å². The van der Waals surface area contributed by atoms with Gasteiger partial charge in [-0.2, -0.15) is 0 Å². The fourth-order valence-electron chi connectivity index (χ4n) is 3.43. The Kier molecular flexibility index (Phi) is 14.5. The molecule has 0 aromatic heterocycles. The van der Waals surface area contributed by atoms with Crippen LogP contribution >= 0.6 is 0 Å². The molecule has 0 radical (unpaired) electrons. The van der Waals surface area contributed by atoms with Gasteiger partial charge in [0.15, 0.2) is 0 Å². The average Bonchev–Trinajstić information content (AvgIpc) is 2.64. The molecule has 26 heavy (non-hydrogen) atoms. The summed E-state index contributed by atoms with van der Waals surface area (Å²) >= 11 is 0. The monoisotopic (exact) mass is 374 g/mol. The average molecular weight is 375 g/mol. The Balaban J connectivity index is 1.80. The molecule has 4 atom stereocenters. The first-order valence-electron chi connectivity index (χ1n) is 10.9. The molecule has 1 rings (SSSR count). The topological polar surface area (TPSA) is 79.2 Å². The molecule has 1 aliphatic rings. The Morgan fingerprint density at radius 1 is 0.731 bits per heavy atom. The van der Waals surface area contributed by atoms with Crippen LogP contribution in [0.4, 0.5) is 0 Å². The van der Waals surface area contributed by atoms with Crippen LogP contribution in [0.25, 0.3) is 0 Å². The van der Waals surface area contributed by atoms with Crippen molar-refractivity contribution in [1.82, 2.24) is 0 Å². The third-order valence-corrected chi connectivity index (χ3v) is 5.28. The summed E-state index contributed by atoms with van der Waals surface area (Å²) in [4.78, 5) is 0. The zero-order valence-electron chi connectivity index (χ0n) is 16.8. The summed E-state index contributed by atoms with van der Waals surface area (Å²) in [6, 6.07) is 0. The van der Waals surface area contributed by atoms with Crippen molar-refractivity contribution in [1.29, 1.82) is 0 Å². The number of hydrogen-bond acceptors (Lipinski definition) is 5. The summed E-state index contributed by atoms with van der Waals surface area (Å²) in [6.07, 6.45) is 13.4. The van der Waals surface area contributed by atoms with E-state index in [4.69, 9.17) is 9.47 Å². The lowest BCUT2D eigenvalue weighted by molar-refractivity contribution is -0.199. The molecule has 156 valence electrons. The number of unbranched alkanes of at least 4 members (excludes halogenated alkanes) is 12. The third kappa shape index (κ3) is 10.8. The van der Waals surface area contributed by atoms with Gasteiger partial charge in [-0.3, -0.25) is 0 Å². The van der Waals surface area contributed by atoms with Crippen LogP contribution in [0.5, 0.6) is 0 Å². The molecule has 1 aliphatic heterocycles. The standard InChI is InChI=1S/C21H42O5/c1-2-3-4-5-6-7-8-9-10-11-12-13-14-15-25-17-19-21(24)20(23)18(22)16-26-19/h18-24H,2-17H2,1H3/t18-,19+,20+,21+/m1/s1. The smallest absolute Gasteiger partial charge is 0.111 e. The molecule has 0 unspecified atom stereocenters. The third-order valence-electron chi connectivity index (χ3n) is 5.28. The van der Waals surface area contributed by atoms with Gasteiger partial charge in [0.2, 0.25) is 0 Å². The number of hydrogen-bond donors (Lipinski definition) is 3. The Labute approximate surface area is 160 Å². The second-order valence-corrected chi connectivity index (χ2v) is 7.74. The minimum absolute atomic E-state index is 0.0466. The van der Waals surface area contributed by atoms with Crippen molar-refractivity contribution < 1.29 is 24.8 Å². The van der Waals surface area contributed by atoms with Gasteiger partial charge in [0.25, 0.3) is 0 Å². The first-order chi connectivity index (χ1) is 12.7. The van der Waals surface area contributed by atoms with E-state index in [9.17, 15) is 15.3 Å². The van der Waals surface area contributed by atoms with Crippen LogP contribution in [0.1, 0.15) is 90.4 Å². The molecule has 3 N–H and O–H groups in total. The second-order valence-electron chi connectivity index (χ2n) is 7.74. The predicted octanol–water partition coefficient (Wildman–Crippen LogP) is 3.58. The van der Waals surface area contributed by atoms with Crippen molar-refractivity contribution in [3.05, 3.63) is 0 Å². The fourth-order valence-corrected chi connectivity index (χ4v) is 3.43. The summed E-state index contributed by atoms with van der Waals surface area (Å²) in [7, 11) is 0. The molecule has 0 aromatic carbocycles. The van der Waals surface area contributed by atoms with E-state index in [0.717, 1.165) is 6.42 Å². The molecule has 1 saturated heterocycles. The summed E-state index contributed by atoms with van der Waals surface area (Å²) in [5.74, 6) is 0. The van der Waals surface area contributed by atoms with E-state index >= 15 is 0 Å². The van der Waals surface area contributed by atoms with Crippen LogP contribution < -0.4 is 0 Å². The van der Waals surface area contributed by atoms with E-state index in [0.29, 0.717) is 6.61 Å². The van der Waals surface area contributed by atoms with Crippen LogP contribution in [0.3, 0.4) is 0 Å². The Hall–Kier alpha value is -0.200. The highest BCUT2D eigenvalue weighted by molar-refractivity contribution is 4.86. The highest BCUT2D eigenvalue weighted by Gasteiger charge is 2.37. The van der Waals surface area contributed by atoms with Crippen LogP contribution in [0, 0.1) is 0 Å². The molecule has 1 fully saturated rings. The first-order valence-corrected chi connectivity index (χ1v) is 10.9. The van der Waals surface area contributed by atoms with Gasteiger partial charge < -0.3 is 24.8 Å². The van der Waals surface area contributed by atoms with Crippen molar-refractivity contribution in [3.63, 3.8) is 0 Å². The molecule has 0 amide bonds. The summed E-state index contributed by atoms with van der Waals surface area (Å²) in [5.41, 5.74) is 0. The van der Waals surface area contributed by atoms with Gasteiger partial charge in [0, 0.05) is 6.61 Å². The lowest BCUT2D eigenvalue weighted by atomic mass is 10.0. The molecule has 0 aliphatic carbocycles. The molecule has 0 aromatic rings. The normalized spacial score (nSPS) is 26.3. The maximum Gasteiger partial charge on any atom is 0.111 e. The predicted molar refractivity (Wildman–Crippen MR) is 104 cm³/mol. The van der Waals surface area contributed by atoms with Crippen molar-refractivity contribution in [2.45, 2.75) is 115 Å². The Morgan fingerprint density at radius 3 is 1.77 bits per heavy atom. The molecule has 5 nitrogen and oxygen atoms in total.